The Hall–Kier alpha value is -1.97. The molecule has 2 heterocycles. The highest BCUT2D eigenvalue weighted by molar-refractivity contribution is 7.91. The fourth-order valence-corrected chi connectivity index (χ4v) is 4.07. The number of likely N-dealkylation sites (N-methyl/N-ethyl adjacent to an activating group) is 1. The van der Waals surface area contributed by atoms with Crippen LogP contribution in [0.25, 0.3) is 0 Å². The van der Waals surface area contributed by atoms with E-state index >= 15 is 0 Å². The van der Waals surface area contributed by atoms with Gasteiger partial charge in [-0.1, -0.05) is 12.1 Å². The number of rotatable bonds is 7. The molecular weight excluding hydrogens is 338 g/mol. The molecule has 0 bridgehead atoms. The van der Waals surface area contributed by atoms with Crippen molar-refractivity contribution in [2.45, 2.75) is 10.8 Å². The number of hydrogen-bond donors (Lipinski definition) is 1. The second kappa shape index (κ2) is 7.53. The van der Waals surface area contributed by atoms with Crippen molar-refractivity contribution in [1.82, 2.24) is 14.6 Å². The fraction of sp³-hybridized carbons (Fsp3) is 0.286. The molecule has 2 aromatic rings. The maximum absolute atomic E-state index is 12.2. The summed E-state index contributed by atoms with van der Waals surface area (Å²) in [5.41, 5.74) is 0.794. The van der Waals surface area contributed by atoms with Crippen LogP contribution in [0.15, 0.2) is 40.1 Å². The Kier molecular flexibility index (Phi) is 5.69. The number of ether oxygens (including phenoxy) is 1. The number of thiophene rings is 1. The Morgan fingerprint density at radius 3 is 2.74 bits per heavy atom. The molecule has 1 N–H and O–H groups in total. The van der Waals surface area contributed by atoms with Crippen LogP contribution in [0.5, 0.6) is 5.88 Å². The minimum absolute atomic E-state index is 0.215. The van der Waals surface area contributed by atoms with E-state index in [0.29, 0.717) is 5.88 Å². The molecule has 7 nitrogen and oxygen atoms in total. The Balaban J connectivity index is 1.89. The van der Waals surface area contributed by atoms with Crippen LogP contribution in [0.4, 0.5) is 0 Å². The van der Waals surface area contributed by atoms with E-state index in [1.165, 1.54) is 20.2 Å². The zero-order chi connectivity index (χ0) is 16.9. The van der Waals surface area contributed by atoms with Gasteiger partial charge < -0.3 is 10.1 Å². The van der Waals surface area contributed by atoms with E-state index in [9.17, 15) is 13.2 Å². The topological polar surface area (TPSA) is 88.6 Å². The Morgan fingerprint density at radius 2 is 2.17 bits per heavy atom. The zero-order valence-corrected chi connectivity index (χ0v) is 14.4. The largest absolute Gasteiger partial charge is 0.481 e. The number of hydrogen-bond acceptors (Lipinski definition) is 6. The summed E-state index contributed by atoms with van der Waals surface area (Å²) in [6.45, 7) is 0.0204. The molecule has 0 saturated heterocycles. The van der Waals surface area contributed by atoms with Crippen molar-refractivity contribution in [3.8, 4) is 5.88 Å². The lowest BCUT2D eigenvalue weighted by Crippen LogP contribution is -2.37. The summed E-state index contributed by atoms with van der Waals surface area (Å²) in [6, 6.07) is 6.63. The second-order valence-electron chi connectivity index (χ2n) is 4.68. The number of pyridine rings is 1. The van der Waals surface area contributed by atoms with Gasteiger partial charge in [0, 0.05) is 25.9 Å². The molecule has 23 heavy (non-hydrogen) atoms. The predicted molar refractivity (Wildman–Crippen MR) is 86.8 cm³/mol. The van der Waals surface area contributed by atoms with Gasteiger partial charge in [0.15, 0.2) is 0 Å². The van der Waals surface area contributed by atoms with Crippen LogP contribution < -0.4 is 10.1 Å². The van der Waals surface area contributed by atoms with Crippen molar-refractivity contribution in [2.24, 2.45) is 0 Å². The number of carbonyl (C=O) groups is 1. The third-order valence-corrected chi connectivity index (χ3v) is 6.20. The molecule has 0 aromatic carbocycles. The van der Waals surface area contributed by atoms with E-state index in [2.05, 4.69) is 10.3 Å². The zero-order valence-electron chi connectivity index (χ0n) is 12.7. The molecule has 124 valence electrons. The van der Waals surface area contributed by atoms with E-state index in [4.69, 9.17) is 4.74 Å². The molecular formula is C14H17N3O4S2. The Bertz CT molecular complexity index is 743. The third-order valence-electron chi connectivity index (χ3n) is 3.02. The van der Waals surface area contributed by atoms with E-state index < -0.39 is 10.0 Å². The first kappa shape index (κ1) is 17.4. The molecule has 1 amide bonds. The smallest absolute Gasteiger partial charge is 0.252 e. The van der Waals surface area contributed by atoms with Crippen LogP contribution in [0.1, 0.15) is 5.56 Å². The predicted octanol–water partition coefficient (Wildman–Crippen LogP) is 1.09. The molecule has 0 saturated carbocycles. The van der Waals surface area contributed by atoms with Crippen molar-refractivity contribution < 1.29 is 17.9 Å². The van der Waals surface area contributed by atoms with Crippen molar-refractivity contribution in [3.63, 3.8) is 0 Å². The van der Waals surface area contributed by atoms with Crippen LogP contribution in [-0.4, -0.2) is 44.3 Å². The molecule has 0 spiro atoms. The monoisotopic (exact) mass is 355 g/mol. The lowest BCUT2D eigenvalue weighted by atomic mass is 10.3. The SMILES string of the molecule is COc1ccc(CNC(=O)CN(C)S(=O)(=O)c2cccs2)cn1. The molecule has 0 radical (unpaired) electrons. The second-order valence-corrected chi connectivity index (χ2v) is 7.90. The molecule has 0 atom stereocenters. The first-order chi connectivity index (χ1) is 10.9. The lowest BCUT2D eigenvalue weighted by Gasteiger charge is -2.15. The minimum Gasteiger partial charge on any atom is -0.481 e. The van der Waals surface area contributed by atoms with Gasteiger partial charge in [-0.05, 0) is 17.0 Å². The van der Waals surface area contributed by atoms with E-state index in [0.717, 1.165) is 21.2 Å². The summed E-state index contributed by atoms with van der Waals surface area (Å²) in [5.74, 6) is 0.102. The maximum Gasteiger partial charge on any atom is 0.252 e. The fourth-order valence-electron chi connectivity index (χ4n) is 1.74. The van der Waals surface area contributed by atoms with Gasteiger partial charge >= 0.3 is 0 Å². The normalized spacial score (nSPS) is 11.4. The van der Waals surface area contributed by atoms with Gasteiger partial charge in [0.05, 0.1) is 13.7 Å². The highest BCUT2D eigenvalue weighted by atomic mass is 32.2. The van der Waals surface area contributed by atoms with Crippen molar-refractivity contribution in [3.05, 3.63) is 41.4 Å². The average Bonchev–Trinajstić information content (AvgIpc) is 3.08. The summed E-state index contributed by atoms with van der Waals surface area (Å²) in [4.78, 5) is 15.9. The maximum atomic E-state index is 12.2. The van der Waals surface area contributed by atoms with Crippen molar-refractivity contribution >= 4 is 27.3 Å². The molecule has 9 heteroatoms. The van der Waals surface area contributed by atoms with Gasteiger partial charge in [-0.25, -0.2) is 13.4 Å². The van der Waals surface area contributed by atoms with Gasteiger partial charge in [0.1, 0.15) is 4.21 Å². The molecule has 2 aromatic heterocycles. The first-order valence-electron chi connectivity index (χ1n) is 6.69. The number of amides is 1. The number of methoxy groups -OCH3 is 1. The van der Waals surface area contributed by atoms with Gasteiger partial charge in [-0.15, -0.1) is 11.3 Å². The van der Waals surface area contributed by atoms with Gasteiger partial charge in [-0.2, -0.15) is 4.31 Å². The van der Waals surface area contributed by atoms with Gasteiger partial charge in [-0.3, -0.25) is 4.79 Å². The number of carbonyl (C=O) groups excluding carboxylic acids is 1. The van der Waals surface area contributed by atoms with Crippen molar-refractivity contribution in [2.75, 3.05) is 20.7 Å². The van der Waals surface area contributed by atoms with Gasteiger partial charge in [0.2, 0.25) is 11.8 Å². The van der Waals surface area contributed by atoms with Crippen LogP contribution >= 0.6 is 11.3 Å². The Labute approximate surface area is 139 Å². The van der Waals surface area contributed by atoms with Crippen LogP contribution in [0, 0.1) is 0 Å². The van der Waals surface area contributed by atoms with E-state index in [-0.39, 0.29) is 23.2 Å². The quantitative estimate of drug-likeness (QED) is 0.803. The summed E-state index contributed by atoms with van der Waals surface area (Å²) in [6.07, 6.45) is 1.59. The van der Waals surface area contributed by atoms with Crippen molar-refractivity contribution in [1.29, 1.82) is 0 Å². The summed E-state index contributed by atoms with van der Waals surface area (Å²) < 4.78 is 30.6. The number of nitrogens with zero attached hydrogens (tertiary/aromatic N) is 2. The summed E-state index contributed by atoms with van der Waals surface area (Å²) in [5, 5.41) is 4.34. The third kappa shape index (κ3) is 4.50. The average molecular weight is 355 g/mol. The molecule has 0 aliphatic carbocycles. The van der Waals surface area contributed by atoms with Crippen LogP contribution in [-0.2, 0) is 21.4 Å². The molecule has 0 aliphatic heterocycles. The lowest BCUT2D eigenvalue weighted by molar-refractivity contribution is -0.121. The number of sulfonamides is 1. The Morgan fingerprint density at radius 1 is 1.39 bits per heavy atom. The van der Waals surface area contributed by atoms with Gasteiger partial charge in [0.25, 0.3) is 10.0 Å². The molecule has 0 fully saturated rings. The van der Waals surface area contributed by atoms with Crippen LogP contribution in [0.2, 0.25) is 0 Å². The molecule has 2 rings (SSSR count). The summed E-state index contributed by atoms with van der Waals surface area (Å²) >= 11 is 1.12. The number of nitrogens with one attached hydrogen (secondary N) is 1. The van der Waals surface area contributed by atoms with E-state index in [1.807, 2.05) is 0 Å². The van der Waals surface area contributed by atoms with E-state index in [1.54, 1.807) is 29.8 Å². The highest BCUT2D eigenvalue weighted by Crippen LogP contribution is 2.19. The molecule has 0 unspecified atom stereocenters. The molecule has 0 aliphatic rings. The minimum atomic E-state index is -3.62. The standard InChI is InChI=1S/C14H17N3O4S2/c1-17(23(19,20)14-4-3-7-22-14)10-12(18)15-8-11-5-6-13(21-2)16-9-11/h3-7,9H,8,10H2,1-2H3,(H,15,18). The first-order valence-corrected chi connectivity index (χ1v) is 9.01. The highest BCUT2D eigenvalue weighted by Gasteiger charge is 2.23. The van der Waals surface area contributed by atoms with Crippen LogP contribution in [0.3, 0.4) is 0 Å². The number of aromatic nitrogens is 1. The summed E-state index contributed by atoms with van der Waals surface area (Å²) in [7, 11) is -0.721.